The quantitative estimate of drug-likeness (QED) is 0.395. The minimum absolute atomic E-state index is 0.0740. The number of cyclic esters (lactones) is 4. The molecule has 0 saturated heterocycles. The zero-order valence-electron chi connectivity index (χ0n) is 17.0. The van der Waals surface area contributed by atoms with Crippen molar-refractivity contribution in [2.75, 3.05) is 0 Å². The SMILES string of the molecule is CCCCC[C@H]1CC2=C(C[C@](O)(CCCC)CC3=C1C(=O)OC3=O)C(=O)OC2=O. The summed E-state index contributed by atoms with van der Waals surface area (Å²) < 4.78 is 9.72. The molecule has 1 aliphatic carbocycles. The van der Waals surface area contributed by atoms with Crippen LogP contribution in [-0.2, 0) is 28.7 Å². The Morgan fingerprint density at radius 2 is 1.41 bits per heavy atom. The third kappa shape index (κ3) is 4.34. The number of unbranched alkanes of at least 4 members (excludes halogenated alkanes) is 3. The summed E-state index contributed by atoms with van der Waals surface area (Å²) in [5.74, 6) is -3.30. The molecule has 0 fully saturated rings. The number of esters is 4. The molecule has 7 nitrogen and oxygen atoms in total. The second-order valence-electron chi connectivity index (χ2n) is 8.28. The highest BCUT2D eigenvalue weighted by Gasteiger charge is 2.47. The molecule has 3 aliphatic rings. The van der Waals surface area contributed by atoms with Crippen molar-refractivity contribution in [3.63, 3.8) is 0 Å². The fourth-order valence-electron chi connectivity index (χ4n) is 4.49. The van der Waals surface area contributed by atoms with Crippen LogP contribution in [0.3, 0.4) is 0 Å². The van der Waals surface area contributed by atoms with Gasteiger partial charge in [-0.25, -0.2) is 19.2 Å². The van der Waals surface area contributed by atoms with Crippen LogP contribution < -0.4 is 0 Å². The van der Waals surface area contributed by atoms with Crippen LogP contribution in [0.4, 0.5) is 0 Å². The van der Waals surface area contributed by atoms with E-state index in [0.29, 0.717) is 19.3 Å². The van der Waals surface area contributed by atoms with Gasteiger partial charge in [-0.2, -0.15) is 0 Å². The predicted molar refractivity (Wildman–Crippen MR) is 102 cm³/mol. The van der Waals surface area contributed by atoms with Crippen LogP contribution in [0.25, 0.3) is 0 Å². The lowest BCUT2D eigenvalue weighted by molar-refractivity contribution is -0.153. The largest absolute Gasteiger partial charge is 0.389 e. The van der Waals surface area contributed by atoms with Crippen molar-refractivity contribution in [3.05, 3.63) is 22.3 Å². The molecule has 0 amide bonds. The lowest BCUT2D eigenvalue weighted by Crippen LogP contribution is -2.32. The van der Waals surface area contributed by atoms with Gasteiger partial charge in [-0.15, -0.1) is 0 Å². The minimum atomic E-state index is -1.43. The summed E-state index contributed by atoms with van der Waals surface area (Å²) in [6.07, 6.45) is 5.12. The summed E-state index contributed by atoms with van der Waals surface area (Å²) in [5.41, 5.74) is -0.592. The molecule has 158 valence electrons. The van der Waals surface area contributed by atoms with Gasteiger partial charge in [-0.1, -0.05) is 46.0 Å². The van der Waals surface area contributed by atoms with Crippen LogP contribution in [-0.4, -0.2) is 34.6 Å². The number of hydrogen-bond donors (Lipinski definition) is 1. The Bertz CT molecular complexity index is 804. The first-order valence-corrected chi connectivity index (χ1v) is 10.5. The van der Waals surface area contributed by atoms with Gasteiger partial charge in [-0.3, -0.25) is 0 Å². The average molecular weight is 404 g/mol. The second kappa shape index (κ2) is 8.61. The molecule has 7 heteroatoms. The van der Waals surface area contributed by atoms with E-state index in [9.17, 15) is 24.3 Å². The normalized spacial score (nSPS) is 27.3. The summed E-state index contributed by atoms with van der Waals surface area (Å²) in [6, 6.07) is 0. The maximum absolute atomic E-state index is 12.5. The van der Waals surface area contributed by atoms with Crippen molar-refractivity contribution >= 4 is 23.9 Å². The van der Waals surface area contributed by atoms with Crippen molar-refractivity contribution < 1.29 is 33.8 Å². The van der Waals surface area contributed by atoms with E-state index in [4.69, 9.17) is 9.47 Å². The zero-order valence-corrected chi connectivity index (χ0v) is 17.0. The minimum Gasteiger partial charge on any atom is -0.389 e. The Morgan fingerprint density at radius 1 is 0.828 bits per heavy atom. The molecule has 29 heavy (non-hydrogen) atoms. The van der Waals surface area contributed by atoms with Gasteiger partial charge in [0.2, 0.25) is 0 Å². The van der Waals surface area contributed by atoms with E-state index in [1.54, 1.807) is 0 Å². The maximum atomic E-state index is 12.5. The van der Waals surface area contributed by atoms with Crippen LogP contribution in [0.1, 0.15) is 78.1 Å². The van der Waals surface area contributed by atoms with Crippen LogP contribution in [0.5, 0.6) is 0 Å². The average Bonchev–Trinajstić information content (AvgIpc) is 3.09. The van der Waals surface area contributed by atoms with Gasteiger partial charge in [-0.05, 0) is 25.2 Å². The third-order valence-electron chi connectivity index (χ3n) is 6.04. The fourth-order valence-corrected chi connectivity index (χ4v) is 4.49. The molecule has 0 saturated carbocycles. The molecule has 2 aliphatic heterocycles. The van der Waals surface area contributed by atoms with Gasteiger partial charge in [0, 0.05) is 18.4 Å². The first-order valence-electron chi connectivity index (χ1n) is 10.5. The summed E-state index contributed by atoms with van der Waals surface area (Å²) in [4.78, 5) is 49.6. The van der Waals surface area contributed by atoms with Crippen molar-refractivity contribution in [3.8, 4) is 0 Å². The van der Waals surface area contributed by atoms with E-state index in [1.807, 2.05) is 6.92 Å². The van der Waals surface area contributed by atoms with E-state index in [0.717, 1.165) is 25.7 Å². The summed E-state index contributed by atoms with van der Waals surface area (Å²) in [5, 5.41) is 11.3. The molecule has 3 rings (SSSR count). The van der Waals surface area contributed by atoms with Crippen LogP contribution in [0, 0.1) is 5.92 Å². The second-order valence-corrected chi connectivity index (χ2v) is 8.28. The molecule has 0 radical (unpaired) electrons. The van der Waals surface area contributed by atoms with E-state index in [1.165, 1.54) is 0 Å². The highest BCUT2D eigenvalue weighted by atomic mass is 16.6. The lowest BCUT2D eigenvalue weighted by atomic mass is 9.82. The first kappa shape index (κ1) is 21.4. The molecular weight excluding hydrogens is 376 g/mol. The molecule has 0 bridgehead atoms. The highest BCUT2D eigenvalue weighted by molar-refractivity contribution is 6.14. The molecule has 0 aromatic rings. The van der Waals surface area contributed by atoms with Gasteiger partial charge in [0.25, 0.3) is 0 Å². The molecule has 1 N–H and O–H groups in total. The Hall–Kier alpha value is -2.28. The molecular formula is C22H28O7. The summed E-state index contributed by atoms with van der Waals surface area (Å²) in [6.45, 7) is 4.03. The standard InChI is InChI=1S/C22H28O7/c1-3-5-7-8-13-10-14-15(19(24)28-18(14)23)11-22(27,9-6-4-2)12-16-17(13)21(26)29-20(16)25/h13,27H,3-12H2,1-2H3/t13-,22+/m0/s1. The van der Waals surface area contributed by atoms with Crippen molar-refractivity contribution in [2.24, 2.45) is 5.92 Å². The molecule has 0 unspecified atom stereocenters. The monoisotopic (exact) mass is 404 g/mol. The molecule has 0 aromatic carbocycles. The fraction of sp³-hybridized carbons (Fsp3) is 0.636. The number of carbonyl (C=O) groups is 4. The number of rotatable bonds is 7. The Labute approximate surface area is 170 Å². The predicted octanol–water partition coefficient (Wildman–Crippen LogP) is 3.05. The maximum Gasteiger partial charge on any atom is 0.342 e. The zero-order chi connectivity index (χ0) is 21.2. The number of ether oxygens (including phenoxy) is 2. The van der Waals surface area contributed by atoms with E-state index in [2.05, 4.69) is 6.92 Å². The van der Waals surface area contributed by atoms with Gasteiger partial charge in [0.05, 0.1) is 22.3 Å². The molecule has 0 spiro atoms. The van der Waals surface area contributed by atoms with Gasteiger partial charge in [0.15, 0.2) is 0 Å². The summed E-state index contributed by atoms with van der Waals surface area (Å²) in [7, 11) is 0. The number of carbonyl (C=O) groups excluding carboxylic acids is 4. The summed E-state index contributed by atoms with van der Waals surface area (Å²) >= 11 is 0. The van der Waals surface area contributed by atoms with Gasteiger partial charge in [0.1, 0.15) is 0 Å². The molecule has 2 heterocycles. The molecule has 0 aromatic heterocycles. The first-order chi connectivity index (χ1) is 13.8. The number of hydrogen-bond acceptors (Lipinski definition) is 7. The van der Waals surface area contributed by atoms with E-state index in [-0.39, 0.29) is 41.6 Å². The lowest BCUT2D eigenvalue weighted by Gasteiger charge is -2.28. The highest BCUT2D eigenvalue weighted by Crippen LogP contribution is 2.43. The van der Waals surface area contributed by atoms with Crippen LogP contribution in [0.2, 0.25) is 0 Å². The molecule has 2 atom stereocenters. The topological polar surface area (TPSA) is 107 Å². The Kier molecular flexibility index (Phi) is 6.36. The van der Waals surface area contributed by atoms with E-state index < -0.39 is 35.4 Å². The van der Waals surface area contributed by atoms with E-state index >= 15 is 0 Å². The van der Waals surface area contributed by atoms with Crippen LogP contribution in [0.15, 0.2) is 22.3 Å². The smallest absolute Gasteiger partial charge is 0.342 e. The van der Waals surface area contributed by atoms with Crippen molar-refractivity contribution in [1.29, 1.82) is 0 Å². The van der Waals surface area contributed by atoms with Gasteiger partial charge < -0.3 is 14.6 Å². The van der Waals surface area contributed by atoms with Gasteiger partial charge >= 0.3 is 23.9 Å². The Morgan fingerprint density at radius 3 is 2.10 bits per heavy atom. The third-order valence-corrected chi connectivity index (χ3v) is 6.04. The number of aliphatic hydroxyl groups is 1. The van der Waals surface area contributed by atoms with Crippen LogP contribution >= 0.6 is 0 Å². The Balaban J connectivity index is 2.09. The van der Waals surface area contributed by atoms with Crippen molar-refractivity contribution in [1.82, 2.24) is 0 Å². The van der Waals surface area contributed by atoms with Crippen molar-refractivity contribution in [2.45, 2.75) is 83.7 Å².